The number of rotatable bonds is 4. The molecule has 1 N–H and O–H groups in total. The number of nitrogens with one attached hydrogen (secondary N) is 1. The van der Waals surface area contributed by atoms with Gasteiger partial charge in [0, 0.05) is 11.1 Å². The van der Waals surface area contributed by atoms with Gasteiger partial charge in [-0.15, -0.1) is 0 Å². The third-order valence-corrected chi connectivity index (χ3v) is 4.40. The van der Waals surface area contributed by atoms with Crippen LogP contribution in [-0.4, -0.2) is 28.2 Å². The lowest BCUT2D eigenvalue weighted by Crippen LogP contribution is -1.95. The van der Waals surface area contributed by atoms with Gasteiger partial charge in [-0.25, -0.2) is 5.10 Å². The lowest BCUT2D eigenvalue weighted by Gasteiger charge is -2.04. The molecule has 0 bridgehead atoms. The van der Waals surface area contributed by atoms with E-state index in [0.717, 1.165) is 22.3 Å². The molecule has 0 fully saturated rings. The van der Waals surface area contributed by atoms with Crippen LogP contribution in [0.3, 0.4) is 0 Å². The average molecular weight is 360 g/mol. The van der Waals surface area contributed by atoms with Crippen LogP contribution < -0.4 is 4.74 Å². The lowest BCUT2D eigenvalue weighted by atomic mass is 10.1. The Morgan fingerprint density at radius 3 is 2.62 bits per heavy atom. The van der Waals surface area contributed by atoms with E-state index in [9.17, 15) is 0 Å². The Labute approximate surface area is 155 Å². The van der Waals surface area contributed by atoms with E-state index in [0.29, 0.717) is 10.6 Å². The van der Waals surface area contributed by atoms with Gasteiger partial charge in [0.2, 0.25) is 4.77 Å². The fourth-order valence-electron chi connectivity index (χ4n) is 2.81. The molecule has 6 heteroatoms. The predicted octanol–water partition coefficient (Wildman–Crippen LogP) is 4.65. The number of aromatic nitrogens is 3. The standard InChI is InChI=1S/C20H16N4OS/c1-25-17-11-9-15(10-12-17)19-22-23-20(26)24(19)21-13-16-7-4-6-14-5-2-3-8-18(14)16/h2-13H,1H3,(H,23,26)/b21-13+. The van der Waals surface area contributed by atoms with Crippen LogP contribution in [0.25, 0.3) is 22.2 Å². The maximum Gasteiger partial charge on any atom is 0.216 e. The van der Waals surface area contributed by atoms with Crippen molar-refractivity contribution in [3.8, 4) is 17.1 Å². The molecule has 0 aliphatic rings. The Bertz CT molecular complexity index is 1140. The minimum Gasteiger partial charge on any atom is -0.497 e. The summed E-state index contributed by atoms with van der Waals surface area (Å²) < 4.78 is 7.26. The van der Waals surface area contributed by atoms with Gasteiger partial charge in [0.1, 0.15) is 5.75 Å². The van der Waals surface area contributed by atoms with E-state index in [4.69, 9.17) is 17.0 Å². The number of aromatic amines is 1. The summed E-state index contributed by atoms with van der Waals surface area (Å²) in [5.74, 6) is 1.43. The molecule has 0 atom stereocenters. The zero-order valence-electron chi connectivity index (χ0n) is 14.1. The van der Waals surface area contributed by atoms with E-state index in [1.54, 1.807) is 18.0 Å². The van der Waals surface area contributed by atoms with Gasteiger partial charge >= 0.3 is 0 Å². The minimum atomic E-state index is 0.437. The summed E-state index contributed by atoms with van der Waals surface area (Å²) in [4.78, 5) is 0. The van der Waals surface area contributed by atoms with E-state index >= 15 is 0 Å². The fraction of sp³-hybridized carbons (Fsp3) is 0.0500. The summed E-state index contributed by atoms with van der Waals surface area (Å²) in [7, 11) is 1.64. The molecule has 128 valence electrons. The fourth-order valence-corrected chi connectivity index (χ4v) is 2.99. The Morgan fingerprint density at radius 2 is 1.81 bits per heavy atom. The number of hydrogen-bond donors (Lipinski definition) is 1. The van der Waals surface area contributed by atoms with Gasteiger partial charge in [0.25, 0.3) is 0 Å². The van der Waals surface area contributed by atoms with Crippen LogP contribution in [0, 0.1) is 4.77 Å². The van der Waals surface area contributed by atoms with Gasteiger partial charge in [-0.3, -0.25) is 0 Å². The largest absolute Gasteiger partial charge is 0.497 e. The first-order valence-corrected chi connectivity index (χ1v) is 8.51. The van der Waals surface area contributed by atoms with Crippen LogP contribution in [0.5, 0.6) is 5.75 Å². The Morgan fingerprint density at radius 1 is 1.04 bits per heavy atom. The van der Waals surface area contributed by atoms with E-state index in [-0.39, 0.29) is 0 Å². The van der Waals surface area contributed by atoms with Crippen molar-refractivity contribution in [2.75, 3.05) is 7.11 Å². The molecule has 4 aromatic rings. The molecule has 3 aromatic carbocycles. The third-order valence-electron chi connectivity index (χ3n) is 4.13. The molecule has 26 heavy (non-hydrogen) atoms. The summed E-state index contributed by atoms with van der Waals surface area (Å²) in [6.45, 7) is 0. The van der Waals surface area contributed by atoms with Crippen molar-refractivity contribution in [1.29, 1.82) is 0 Å². The first-order valence-electron chi connectivity index (χ1n) is 8.10. The Kier molecular flexibility index (Phi) is 4.33. The van der Waals surface area contributed by atoms with Crippen molar-refractivity contribution in [2.45, 2.75) is 0 Å². The van der Waals surface area contributed by atoms with Gasteiger partial charge in [-0.05, 0) is 47.3 Å². The maximum atomic E-state index is 5.34. The average Bonchev–Trinajstić information content (AvgIpc) is 3.07. The van der Waals surface area contributed by atoms with Crippen LogP contribution in [0.1, 0.15) is 5.56 Å². The van der Waals surface area contributed by atoms with Gasteiger partial charge in [0.15, 0.2) is 5.82 Å². The number of nitrogens with zero attached hydrogens (tertiary/aromatic N) is 3. The van der Waals surface area contributed by atoms with Crippen molar-refractivity contribution < 1.29 is 4.74 Å². The highest BCUT2D eigenvalue weighted by atomic mass is 32.1. The molecule has 0 aliphatic heterocycles. The molecule has 0 unspecified atom stereocenters. The molecule has 5 nitrogen and oxygen atoms in total. The highest BCUT2D eigenvalue weighted by molar-refractivity contribution is 7.71. The highest BCUT2D eigenvalue weighted by Gasteiger charge is 2.08. The van der Waals surface area contributed by atoms with Gasteiger partial charge in [-0.1, -0.05) is 42.5 Å². The van der Waals surface area contributed by atoms with Crippen LogP contribution in [0.15, 0.2) is 71.8 Å². The number of hydrogen-bond acceptors (Lipinski definition) is 4. The van der Waals surface area contributed by atoms with E-state index in [1.807, 2.05) is 48.5 Å². The number of H-pyrrole nitrogens is 1. The first-order chi connectivity index (χ1) is 12.8. The summed E-state index contributed by atoms with van der Waals surface area (Å²) in [6, 6.07) is 21.9. The Hall–Kier alpha value is -3.25. The Balaban J connectivity index is 1.75. The smallest absolute Gasteiger partial charge is 0.216 e. The quantitative estimate of drug-likeness (QED) is 0.426. The first kappa shape index (κ1) is 16.2. The van der Waals surface area contributed by atoms with E-state index < -0.39 is 0 Å². The number of ether oxygens (including phenoxy) is 1. The molecule has 0 spiro atoms. The normalized spacial score (nSPS) is 11.3. The van der Waals surface area contributed by atoms with Gasteiger partial charge in [0.05, 0.1) is 13.3 Å². The lowest BCUT2D eigenvalue weighted by molar-refractivity contribution is 0.415. The molecule has 0 radical (unpaired) electrons. The third kappa shape index (κ3) is 3.02. The molecule has 1 heterocycles. The van der Waals surface area contributed by atoms with Crippen LogP contribution >= 0.6 is 12.2 Å². The SMILES string of the molecule is COc1ccc(-c2n[nH]c(=S)n2/N=C/c2cccc3ccccc23)cc1. The van der Waals surface area contributed by atoms with Crippen molar-refractivity contribution in [2.24, 2.45) is 5.10 Å². The second-order valence-corrected chi connectivity index (χ2v) is 6.09. The second kappa shape index (κ2) is 6.93. The van der Waals surface area contributed by atoms with E-state index in [1.165, 1.54) is 5.39 Å². The topological polar surface area (TPSA) is 55.2 Å². The molecule has 0 amide bonds. The van der Waals surface area contributed by atoms with Crippen LogP contribution in [-0.2, 0) is 0 Å². The molecule has 0 saturated carbocycles. The zero-order valence-corrected chi connectivity index (χ0v) is 14.9. The van der Waals surface area contributed by atoms with Crippen molar-refractivity contribution in [1.82, 2.24) is 14.9 Å². The van der Waals surface area contributed by atoms with Crippen LogP contribution in [0.2, 0.25) is 0 Å². The second-order valence-electron chi connectivity index (χ2n) is 5.71. The minimum absolute atomic E-state index is 0.437. The molecule has 0 saturated heterocycles. The predicted molar refractivity (Wildman–Crippen MR) is 106 cm³/mol. The molecular formula is C20H16N4OS. The van der Waals surface area contributed by atoms with Gasteiger partial charge in [-0.2, -0.15) is 14.9 Å². The summed E-state index contributed by atoms with van der Waals surface area (Å²) in [5.41, 5.74) is 1.92. The van der Waals surface area contributed by atoms with Crippen molar-refractivity contribution in [3.63, 3.8) is 0 Å². The zero-order chi connectivity index (χ0) is 17.9. The monoisotopic (exact) mass is 360 g/mol. The molecule has 1 aromatic heterocycles. The summed E-state index contributed by atoms with van der Waals surface area (Å²) in [6.07, 6.45) is 1.81. The highest BCUT2D eigenvalue weighted by Crippen LogP contribution is 2.21. The van der Waals surface area contributed by atoms with E-state index in [2.05, 4.69) is 33.5 Å². The maximum absolute atomic E-state index is 5.34. The van der Waals surface area contributed by atoms with Gasteiger partial charge < -0.3 is 4.74 Å². The number of methoxy groups -OCH3 is 1. The molecule has 4 rings (SSSR count). The van der Waals surface area contributed by atoms with Crippen LogP contribution in [0.4, 0.5) is 0 Å². The summed E-state index contributed by atoms with van der Waals surface area (Å²) in [5, 5.41) is 14.0. The number of fused-ring (bicyclic) bond motifs is 1. The number of benzene rings is 3. The molecular weight excluding hydrogens is 344 g/mol. The van der Waals surface area contributed by atoms with Crippen molar-refractivity contribution >= 4 is 29.2 Å². The summed E-state index contributed by atoms with van der Waals surface area (Å²) >= 11 is 5.34. The van der Waals surface area contributed by atoms with Crippen molar-refractivity contribution in [3.05, 3.63) is 77.1 Å². The molecule has 0 aliphatic carbocycles.